The number of nitro groups is 1. The van der Waals surface area contributed by atoms with Crippen LogP contribution in [0, 0.1) is 10.1 Å². The van der Waals surface area contributed by atoms with E-state index < -0.39 is 4.92 Å². The fourth-order valence-electron chi connectivity index (χ4n) is 2.81. The zero-order chi connectivity index (χ0) is 19.7. The quantitative estimate of drug-likeness (QED) is 0.421. The van der Waals surface area contributed by atoms with E-state index in [-0.39, 0.29) is 5.69 Å². The normalized spacial score (nSPS) is 12.9. The first-order valence-corrected chi connectivity index (χ1v) is 9.41. The molecule has 1 heterocycles. The number of nitrogens with one attached hydrogen (secondary N) is 1. The summed E-state index contributed by atoms with van der Waals surface area (Å²) in [7, 11) is 0. The summed E-state index contributed by atoms with van der Waals surface area (Å²) in [6.07, 6.45) is 0. The Hall–Kier alpha value is -3.03. The maximum absolute atomic E-state index is 10.9. The summed E-state index contributed by atoms with van der Waals surface area (Å²) in [6, 6.07) is 19.3. The minimum absolute atomic E-state index is 0.0264. The molecule has 1 aliphatic heterocycles. The first kappa shape index (κ1) is 18.3. The van der Waals surface area contributed by atoms with Gasteiger partial charge in [0.05, 0.1) is 10.6 Å². The average Bonchev–Trinajstić information content (AvgIpc) is 2.88. The Balaban J connectivity index is 1.82. The van der Waals surface area contributed by atoms with Crippen LogP contribution in [0.25, 0.3) is 0 Å². The van der Waals surface area contributed by atoms with Gasteiger partial charge in [-0.1, -0.05) is 27.5 Å². The van der Waals surface area contributed by atoms with E-state index in [2.05, 4.69) is 26.5 Å². The van der Waals surface area contributed by atoms with E-state index in [9.17, 15) is 10.1 Å². The van der Waals surface area contributed by atoms with Crippen LogP contribution >= 0.6 is 27.5 Å². The van der Waals surface area contributed by atoms with Gasteiger partial charge in [0.25, 0.3) is 5.69 Å². The number of nitro benzene ring substituents is 1. The molecule has 1 aliphatic rings. The van der Waals surface area contributed by atoms with Gasteiger partial charge in [0, 0.05) is 38.3 Å². The second-order valence-electron chi connectivity index (χ2n) is 6.00. The van der Waals surface area contributed by atoms with Crippen molar-refractivity contribution in [1.82, 2.24) is 5.43 Å². The second kappa shape index (κ2) is 7.53. The standard InChI is InChI=1S/C20H12BrClN4O2/c21-14-5-10-18-17(11-14)19(12-3-8-16(9-4-12)26(27)28)24-25-20(23-18)13-1-6-15(22)7-2-13/h1-11H,(H,23,25). The molecule has 0 aliphatic carbocycles. The minimum Gasteiger partial charge on any atom is -0.260 e. The number of hydrogen-bond acceptors (Lipinski definition) is 5. The number of non-ortho nitro benzene ring substituents is 1. The Morgan fingerprint density at radius 3 is 2.32 bits per heavy atom. The Kier molecular flexibility index (Phi) is 4.93. The number of halogens is 2. The molecule has 28 heavy (non-hydrogen) atoms. The molecular weight excluding hydrogens is 444 g/mol. The number of amidine groups is 1. The molecule has 0 unspecified atom stereocenters. The van der Waals surface area contributed by atoms with Crippen molar-refractivity contribution in [2.45, 2.75) is 0 Å². The number of hydrogen-bond donors (Lipinski definition) is 1. The molecule has 0 atom stereocenters. The van der Waals surface area contributed by atoms with Gasteiger partial charge in [-0.15, -0.1) is 0 Å². The predicted octanol–water partition coefficient (Wildman–Crippen LogP) is 5.44. The van der Waals surface area contributed by atoms with Crippen LogP contribution in [0.2, 0.25) is 5.02 Å². The Morgan fingerprint density at radius 1 is 0.964 bits per heavy atom. The zero-order valence-electron chi connectivity index (χ0n) is 14.3. The molecule has 0 fully saturated rings. The van der Waals surface area contributed by atoms with Crippen LogP contribution < -0.4 is 5.43 Å². The average molecular weight is 456 g/mol. The molecule has 0 saturated carbocycles. The lowest BCUT2D eigenvalue weighted by atomic mass is 10.0. The first-order chi connectivity index (χ1) is 13.5. The fourth-order valence-corrected chi connectivity index (χ4v) is 3.29. The largest absolute Gasteiger partial charge is 0.269 e. The highest BCUT2D eigenvalue weighted by Crippen LogP contribution is 2.29. The van der Waals surface area contributed by atoms with Crippen LogP contribution in [0.5, 0.6) is 0 Å². The summed E-state index contributed by atoms with van der Waals surface area (Å²) >= 11 is 9.47. The van der Waals surface area contributed by atoms with Crippen LogP contribution in [-0.2, 0) is 0 Å². The van der Waals surface area contributed by atoms with Crippen LogP contribution in [0.3, 0.4) is 0 Å². The van der Waals surface area contributed by atoms with Gasteiger partial charge in [-0.25, -0.2) is 4.99 Å². The summed E-state index contributed by atoms with van der Waals surface area (Å²) in [6.45, 7) is 0. The first-order valence-electron chi connectivity index (χ1n) is 8.24. The number of hydrazone groups is 1. The highest BCUT2D eigenvalue weighted by atomic mass is 79.9. The number of rotatable bonds is 3. The third-order valence-corrected chi connectivity index (χ3v) is 4.93. The maximum atomic E-state index is 10.9. The number of aliphatic imine (C=N–C) groups is 1. The highest BCUT2D eigenvalue weighted by Gasteiger charge is 2.18. The van der Waals surface area contributed by atoms with Crippen molar-refractivity contribution in [3.8, 4) is 0 Å². The maximum Gasteiger partial charge on any atom is 0.269 e. The molecule has 0 amide bonds. The van der Waals surface area contributed by atoms with Crippen LogP contribution in [0.1, 0.15) is 16.7 Å². The van der Waals surface area contributed by atoms with Crippen LogP contribution in [-0.4, -0.2) is 16.5 Å². The molecule has 1 N–H and O–H groups in total. The topological polar surface area (TPSA) is 79.9 Å². The van der Waals surface area contributed by atoms with Crippen molar-refractivity contribution in [2.75, 3.05) is 0 Å². The van der Waals surface area contributed by atoms with E-state index in [0.717, 1.165) is 26.9 Å². The molecule has 0 aromatic heterocycles. The number of fused-ring (bicyclic) bond motifs is 1. The van der Waals surface area contributed by atoms with Crippen molar-refractivity contribution in [3.05, 3.63) is 103 Å². The van der Waals surface area contributed by atoms with Crippen LogP contribution in [0.4, 0.5) is 11.4 Å². The lowest BCUT2D eigenvalue weighted by molar-refractivity contribution is -0.384. The molecule has 0 bridgehead atoms. The summed E-state index contributed by atoms with van der Waals surface area (Å²) < 4.78 is 0.881. The van der Waals surface area contributed by atoms with E-state index in [0.29, 0.717) is 16.6 Å². The molecule has 6 nitrogen and oxygen atoms in total. The van der Waals surface area contributed by atoms with Crippen molar-refractivity contribution < 1.29 is 4.92 Å². The highest BCUT2D eigenvalue weighted by molar-refractivity contribution is 9.10. The van der Waals surface area contributed by atoms with Gasteiger partial charge in [0.2, 0.25) is 0 Å². The zero-order valence-corrected chi connectivity index (χ0v) is 16.6. The smallest absolute Gasteiger partial charge is 0.260 e. The number of benzene rings is 3. The van der Waals surface area contributed by atoms with Crippen LogP contribution in [0.15, 0.2) is 81.3 Å². The van der Waals surface area contributed by atoms with Crippen molar-refractivity contribution >= 4 is 50.5 Å². The lowest BCUT2D eigenvalue weighted by Crippen LogP contribution is -2.19. The Morgan fingerprint density at radius 2 is 1.64 bits per heavy atom. The van der Waals surface area contributed by atoms with E-state index >= 15 is 0 Å². The van der Waals surface area contributed by atoms with Gasteiger partial charge >= 0.3 is 0 Å². The van der Waals surface area contributed by atoms with E-state index in [1.807, 2.05) is 30.3 Å². The van der Waals surface area contributed by atoms with Gasteiger partial charge in [0.15, 0.2) is 5.84 Å². The molecule has 0 spiro atoms. The summed E-state index contributed by atoms with van der Waals surface area (Å²) in [5, 5.41) is 16.1. The third kappa shape index (κ3) is 3.67. The predicted molar refractivity (Wildman–Crippen MR) is 114 cm³/mol. The second-order valence-corrected chi connectivity index (χ2v) is 7.36. The van der Waals surface area contributed by atoms with Gasteiger partial charge in [-0.05, 0) is 54.6 Å². The third-order valence-electron chi connectivity index (χ3n) is 4.19. The fraction of sp³-hybridized carbons (Fsp3) is 0. The van der Waals surface area contributed by atoms with E-state index in [1.165, 1.54) is 12.1 Å². The SMILES string of the molecule is O=[N+]([O-])c1ccc(C2=NNC(c3ccc(Cl)cc3)=Nc3ccc(Br)cc32)cc1. The molecule has 138 valence electrons. The van der Waals surface area contributed by atoms with Gasteiger partial charge in [-0.2, -0.15) is 5.10 Å². The van der Waals surface area contributed by atoms with Crippen molar-refractivity contribution in [2.24, 2.45) is 10.1 Å². The molecule has 4 rings (SSSR count). The van der Waals surface area contributed by atoms with Gasteiger partial charge in [-0.3, -0.25) is 15.5 Å². The van der Waals surface area contributed by atoms with E-state index in [4.69, 9.17) is 16.6 Å². The van der Waals surface area contributed by atoms with E-state index in [1.54, 1.807) is 24.3 Å². The Bertz CT molecular complexity index is 1130. The minimum atomic E-state index is -0.427. The molecule has 3 aromatic carbocycles. The monoisotopic (exact) mass is 454 g/mol. The molecule has 0 saturated heterocycles. The lowest BCUT2D eigenvalue weighted by Gasteiger charge is -2.08. The van der Waals surface area contributed by atoms with Crippen molar-refractivity contribution in [1.29, 1.82) is 0 Å². The molecule has 0 radical (unpaired) electrons. The van der Waals surface area contributed by atoms with Gasteiger partial charge in [0.1, 0.15) is 5.71 Å². The van der Waals surface area contributed by atoms with Crippen molar-refractivity contribution in [3.63, 3.8) is 0 Å². The molecule has 3 aromatic rings. The summed E-state index contributed by atoms with van der Waals surface area (Å²) in [4.78, 5) is 15.2. The Labute approximate surface area is 173 Å². The number of nitrogens with zero attached hydrogens (tertiary/aromatic N) is 3. The molecule has 8 heteroatoms. The summed E-state index contributed by atoms with van der Waals surface area (Å²) in [5.41, 5.74) is 6.80. The molecular formula is C20H12BrClN4O2. The van der Waals surface area contributed by atoms with Gasteiger partial charge < -0.3 is 0 Å². The summed E-state index contributed by atoms with van der Waals surface area (Å²) in [5.74, 6) is 0.581.